The molecule has 2 heterocycles. The maximum atomic E-state index is 12.7. The van der Waals surface area contributed by atoms with Crippen molar-refractivity contribution in [3.63, 3.8) is 0 Å². The minimum absolute atomic E-state index is 0.0826. The normalized spacial score (nSPS) is 18.0. The minimum atomic E-state index is -3.63. The third kappa shape index (κ3) is 3.63. The number of rotatable bonds is 6. The van der Waals surface area contributed by atoms with E-state index in [1.165, 1.54) is 6.20 Å². The molecule has 0 amide bonds. The molecular formula is C23H23ClN4O2S. The molecule has 1 atom stereocenters. The van der Waals surface area contributed by atoms with Crippen molar-refractivity contribution in [3.8, 4) is 17.5 Å². The van der Waals surface area contributed by atoms with Crippen LogP contribution in [-0.4, -0.2) is 24.0 Å². The summed E-state index contributed by atoms with van der Waals surface area (Å²) in [6.07, 6.45) is 6.71. The second kappa shape index (κ2) is 7.63. The monoisotopic (exact) mass is 454 g/mol. The molecule has 5 rings (SSSR count). The number of nitrogens with one attached hydrogen (secondary N) is 1. The number of halogens is 1. The molecule has 2 fully saturated rings. The van der Waals surface area contributed by atoms with Crippen LogP contribution in [0.15, 0.2) is 41.4 Å². The number of nitrogens with zero attached hydrogens (tertiary/aromatic N) is 3. The Morgan fingerprint density at radius 2 is 2.00 bits per heavy atom. The zero-order chi connectivity index (χ0) is 21.8. The Bertz CT molecular complexity index is 1300. The van der Waals surface area contributed by atoms with Crippen LogP contribution in [0.25, 0.3) is 22.3 Å². The molecular weight excluding hydrogens is 432 g/mol. The fourth-order valence-electron chi connectivity index (χ4n) is 4.36. The molecule has 8 heteroatoms. The molecule has 2 aliphatic carbocycles. The Labute approximate surface area is 186 Å². The van der Waals surface area contributed by atoms with Gasteiger partial charge in [0.1, 0.15) is 11.0 Å². The number of fused-ring (bicyclic) bond motifs is 1. The van der Waals surface area contributed by atoms with Crippen molar-refractivity contribution in [2.45, 2.75) is 56.0 Å². The van der Waals surface area contributed by atoms with E-state index in [9.17, 15) is 13.7 Å². The molecule has 0 radical (unpaired) electrons. The van der Waals surface area contributed by atoms with Crippen LogP contribution in [0.2, 0.25) is 5.02 Å². The molecule has 160 valence electrons. The summed E-state index contributed by atoms with van der Waals surface area (Å²) in [6, 6.07) is 11.4. The van der Waals surface area contributed by atoms with Crippen LogP contribution in [0.1, 0.15) is 50.6 Å². The maximum Gasteiger partial charge on any atom is 0.242 e. The van der Waals surface area contributed by atoms with Crippen molar-refractivity contribution in [2.24, 2.45) is 5.92 Å². The van der Waals surface area contributed by atoms with Gasteiger partial charge in [-0.1, -0.05) is 11.6 Å². The highest BCUT2D eigenvalue weighted by atomic mass is 35.5. The van der Waals surface area contributed by atoms with Crippen molar-refractivity contribution in [1.82, 2.24) is 14.3 Å². The van der Waals surface area contributed by atoms with Gasteiger partial charge in [-0.15, -0.1) is 0 Å². The van der Waals surface area contributed by atoms with E-state index in [4.69, 9.17) is 11.6 Å². The first-order valence-electron chi connectivity index (χ1n) is 10.6. The summed E-state index contributed by atoms with van der Waals surface area (Å²) in [5, 5.41) is 11.4. The summed E-state index contributed by atoms with van der Waals surface area (Å²) in [4.78, 5) is 4.62. The summed E-state index contributed by atoms with van der Waals surface area (Å²) in [7, 11) is -3.63. The van der Waals surface area contributed by atoms with Crippen LogP contribution in [0.3, 0.4) is 0 Å². The second-order valence-corrected chi connectivity index (χ2v) is 10.7. The summed E-state index contributed by atoms with van der Waals surface area (Å²) in [6.45, 7) is 1.90. The van der Waals surface area contributed by atoms with Gasteiger partial charge in [-0.25, -0.2) is 13.1 Å². The first-order chi connectivity index (χ1) is 14.9. The number of aromatic nitrogens is 2. The Morgan fingerprint density at radius 1 is 1.23 bits per heavy atom. The van der Waals surface area contributed by atoms with Crippen LogP contribution in [0.5, 0.6) is 0 Å². The average molecular weight is 455 g/mol. The Balaban J connectivity index is 1.59. The molecule has 2 aliphatic rings. The number of benzene rings is 1. The minimum Gasteiger partial charge on any atom is -0.335 e. The van der Waals surface area contributed by atoms with Crippen molar-refractivity contribution in [3.05, 3.63) is 47.1 Å². The number of hydrogen-bond acceptors (Lipinski definition) is 4. The summed E-state index contributed by atoms with van der Waals surface area (Å²) < 4.78 is 30.4. The molecule has 31 heavy (non-hydrogen) atoms. The smallest absolute Gasteiger partial charge is 0.242 e. The summed E-state index contributed by atoms with van der Waals surface area (Å²) in [5.41, 5.74) is 2.78. The molecule has 0 saturated heterocycles. The standard InChI is InChI=1S/C23H23ClN4O2S/c1-14(15-5-6-15)27-31(29,30)18-8-10-21(26-13-18)23-20(12-25)19-9-7-16(24)11-22(19)28(23)17-3-2-4-17/h7-11,13-15,17,27H,2-6H2,1H3/t14-/m0/s1. The van der Waals surface area contributed by atoms with Gasteiger partial charge in [0.05, 0.1) is 22.5 Å². The molecule has 1 N–H and O–H groups in total. The van der Waals surface area contributed by atoms with E-state index in [2.05, 4.69) is 20.3 Å². The van der Waals surface area contributed by atoms with Crippen molar-refractivity contribution in [2.75, 3.05) is 0 Å². The first kappa shape index (κ1) is 20.5. The van der Waals surface area contributed by atoms with Gasteiger partial charge in [0.2, 0.25) is 10.0 Å². The number of nitriles is 1. The van der Waals surface area contributed by atoms with E-state index >= 15 is 0 Å². The van der Waals surface area contributed by atoms with Gasteiger partial charge in [0.25, 0.3) is 0 Å². The number of hydrogen-bond donors (Lipinski definition) is 1. The molecule has 0 aliphatic heterocycles. The van der Waals surface area contributed by atoms with E-state index in [1.807, 2.05) is 19.1 Å². The fourth-order valence-corrected chi connectivity index (χ4v) is 5.78. The highest BCUT2D eigenvalue weighted by Crippen LogP contribution is 2.42. The molecule has 2 aromatic heterocycles. The van der Waals surface area contributed by atoms with Crippen LogP contribution in [-0.2, 0) is 10.0 Å². The lowest BCUT2D eigenvalue weighted by Crippen LogP contribution is -2.34. The lowest BCUT2D eigenvalue weighted by molar-refractivity contribution is 0.324. The van der Waals surface area contributed by atoms with Gasteiger partial charge in [-0.05, 0) is 75.3 Å². The Morgan fingerprint density at radius 3 is 2.58 bits per heavy atom. The van der Waals surface area contributed by atoms with Crippen molar-refractivity contribution in [1.29, 1.82) is 5.26 Å². The first-order valence-corrected chi connectivity index (χ1v) is 12.5. The summed E-state index contributed by atoms with van der Waals surface area (Å²) in [5.74, 6) is 0.421. The van der Waals surface area contributed by atoms with Gasteiger partial charge in [0, 0.05) is 28.7 Å². The average Bonchev–Trinajstić information content (AvgIpc) is 3.51. The fraction of sp³-hybridized carbons (Fsp3) is 0.391. The maximum absolute atomic E-state index is 12.7. The molecule has 0 unspecified atom stereocenters. The predicted molar refractivity (Wildman–Crippen MR) is 120 cm³/mol. The van der Waals surface area contributed by atoms with E-state index in [-0.39, 0.29) is 17.0 Å². The molecule has 2 saturated carbocycles. The van der Waals surface area contributed by atoms with Crippen molar-refractivity contribution < 1.29 is 8.42 Å². The third-order valence-electron chi connectivity index (χ3n) is 6.48. The largest absolute Gasteiger partial charge is 0.335 e. The summed E-state index contributed by atoms with van der Waals surface area (Å²) >= 11 is 6.26. The number of sulfonamides is 1. The van der Waals surface area contributed by atoms with Gasteiger partial charge >= 0.3 is 0 Å². The second-order valence-electron chi connectivity index (χ2n) is 8.58. The van der Waals surface area contributed by atoms with E-state index in [0.717, 1.165) is 48.7 Å². The Hall–Kier alpha value is -2.40. The molecule has 0 bridgehead atoms. The van der Waals surface area contributed by atoms with Gasteiger partial charge < -0.3 is 4.57 Å². The van der Waals surface area contributed by atoms with Crippen LogP contribution in [0.4, 0.5) is 0 Å². The lowest BCUT2D eigenvalue weighted by Gasteiger charge is -2.30. The molecule has 6 nitrogen and oxygen atoms in total. The van der Waals surface area contributed by atoms with Gasteiger partial charge in [-0.2, -0.15) is 5.26 Å². The van der Waals surface area contributed by atoms with Crippen molar-refractivity contribution >= 4 is 32.5 Å². The SMILES string of the molecule is C[C@H](NS(=O)(=O)c1ccc(-c2c(C#N)c3ccc(Cl)cc3n2C2CCC2)nc1)C1CC1. The topological polar surface area (TPSA) is 87.8 Å². The molecule has 0 spiro atoms. The molecule has 1 aromatic carbocycles. The van der Waals surface area contributed by atoms with Crippen LogP contribution < -0.4 is 4.72 Å². The van der Waals surface area contributed by atoms with E-state index < -0.39 is 10.0 Å². The van der Waals surface area contributed by atoms with E-state index in [0.29, 0.717) is 22.2 Å². The number of pyridine rings is 1. The molecule has 3 aromatic rings. The highest BCUT2D eigenvalue weighted by Gasteiger charge is 2.32. The lowest BCUT2D eigenvalue weighted by atomic mass is 9.92. The predicted octanol–water partition coefficient (Wildman–Crippen LogP) is 5.03. The highest BCUT2D eigenvalue weighted by molar-refractivity contribution is 7.89. The zero-order valence-electron chi connectivity index (χ0n) is 17.2. The quantitative estimate of drug-likeness (QED) is 0.565. The third-order valence-corrected chi connectivity index (χ3v) is 8.26. The van der Waals surface area contributed by atoms with E-state index in [1.54, 1.807) is 18.2 Å². The van der Waals surface area contributed by atoms with Crippen LogP contribution in [0, 0.1) is 17.2 Å². The van der Waals surface area contributed by atoms with Gasteiger partial charge in [-0.3, -0.25) is 4.98 Å². The van der Waals surface area contributed by atoms with Gasteiger partial charge in [0.15, 0.2) is 0 Å². The zero-order valence-corrected chi connectivity index (χ0v) is 18.7. The van der Waals surface area contributed by atoms with Crippen LogP contribution >= 0.6 is 11.6 Å². The Kier molecular flexibility index (Phi) is 5.04.